The topological polar surface area (TPSA) is 420 Å². The van der Waals surface area contributed by atoms with Crippen molar-refractivity contribution < 1.29 is 98.2 Å². The molecule has 6 heterocycles. The Morgan fingerprint density at radius 1 is 0.533 bits per heavy atom. The number of benzene rings is 7. The molecule has 0 fully saturated rings. The van der Waals surface area contributed by atoms with Crippen molar-refractivity contribution in [2.45, 2.75) is 81.2 Å². The molecule has 17 bridgehead atoms. The van der Waals surface area contributed by atoms with Gasteiger partial charge in [0.15, 0.2) is 29.0 Å². The quantitative estimate of drug-likeness (QED) is 0.0872. The van der Waals surface area contributed by atoms with Gasteiger partial charge in [-0.15, -0.1) is 0 Å². The zero-order valence-electron chi connectivity index (χ0n) is 48.0. The number of carbonyl (C=O) groups is 8. The van der Waals surface area contributed by atoms with Crippen molar-refractivity contribution in [2.75, 3.05) is 0 Å². The first-order chi connectivity index (χ1) is 43.5. The van der Waals surface area contributed by atoms with E-state index >= 15 is 19.2 Å². The number of aliphatic carboxylic acids is 1. The number of phenolic OH excluding ortho intramolecular Hbond substituents is 6. The van der Waals surface area contributed by atoms with E-state index in [1.54, 1.807) is 20.8 Å². The van der Waals surface area contributed by atoms with Gasteiger partial charge in [-0.2, -0.15) is 0 Å². The Morgan fingerprint density at radius 3 is 1.76 bits per heavy atom. The largest absolute Gasteiger partial charge is 0.508 e. The minimum atomic E-state index is -2.22. The number of ether oxygens (including phenoxy) is 4. The maximum Gasteiger partial charge on any atom is 0.408 e. The number of amides is 7. The van der Waals surface area contributed by atoms with Crippen LogP contribution in [0.5, 0.6) is 69.0 Å². The fourth-order valence-electron chi connectivity index (χ4n) is 10.8. The third-order valence-corrected chi connectivity index (χ3v) is 15.7. The molecule has 15 N–H and O–H groups in total. The highest BCUT2D eigenvalue weighted by Gasteiger charge is 2.42. The van der Waals surface area contributed by atoms with Crippen LogP contribution in [-0.2, 0) is 44.7 Å². The summed E-state index contributed by atoms with van der Waals surface area (Å²) in [6.45, 7) is 4.71. The Bertz CT molecular complexity index is 4290. The third kappa shape index (κ3) is 12.7. The second-order valence-electron chi connectivity index (χ2n) is 22.7. The Morgan fingerprint density at radius 2 is 1.11 bits per heavy atom. The summed E-state index contributed by atoms with van der Waals surface area (Å²) in [5.74, 6) is -15.7. The Kier molecular flexibility index (Phi) is 16.5. The van der Waals surface area contributed by atoms with E-state index in [0.29, 0.717) is 0 Å². The first kappa shape index (κ1) is 62.4. The molecule has 474 valence electrons. The average Bonchev–Trinajstić information content (AvgIpc) is 0.784. The normalized spacial score (nSPS) is 21.3. The second-order valence-corrected chi connectivity index (χ2v) is 23.5. The summed E-state index contributed by atoms with van der Waals surface area (Å²) >= 11 is 13.7. The van der Waals surface area contributed by atoms with Gasteiger partial charge in [0.1, 0.15) is 88.2 Å². The molecule has 8 atom stereocenters. The van der Waals surface area contributed by atoms with Gasteiger partial charge in [-0.1, -0.05) is 47.5 Å². The number of carbonyl (C=O) groups excluding carboxylic acids is 7. The summed E-state index contributed by atoms with van der Waals surface area (Å²) in [6, 6.07) is 7.18. The SMILES string of the molecule is CC(C)(C)OC(=O)N[C@H]1C(=O)N[C@@H]2Cc3ccc(c(Cl)c3)Oc3cc4cc(c3O)Oc3ccc(cc3Cl)[C@@H](O)[C@@H]3NC(=O)[C@H](NC(=O)[C@@H]4NC(=O)[C@@H](NC2=O)c2cc(O)cc(c2)Oc2cc1ccc2O)c1ccc(O)c(c1)-c1c(O)cc(O)cc1[C@@H](C(=O)O)NC3=O. The van der Waals surface area contributed by atoms with Gasteiger partial charge in [-0.25, -0.2) is 9.59 Å². The number of aromatic hydroxyl groups is 6. The lowest BCUT2D eigenvalue weighted by Gasteiger charge is -2.31. The lowest BCUT2D eigenvalue weighted by molar-refractivity contribution is -0.143. The number of rotatable bonds is 2. The fourth-order valence-corrected chi connectivity index (χ4v) is 11.2. The number of aliphatic hydroxyl groups excluding tert-OH is 1. The predicted octanol–water partition coefficient (Wildman–Crippen LogP) is 6.55. The first-order valence-electron chi connectivity index (χ1n) is 27.8. The fraction of sp³-hybridized carbons (Fsp3) is 0.206. The molecule has 29 heteroatoms. The maximum atomic E-state index is 15.8. The van der Waals surface area contributed by atoms with Gasteiger partial charge in [0, 0.05) is 35.2 Å². The Labute approximate surface area is 529 Å². The summed E-state index contributed by atoms with van der Waals surface area (Å²) in [6.07, 6.45) is -3.67. The lowest BCUT2D eigenvalue weighted by Crippen LogP contribution is -2.55. The molecule has 6 aliphatic rings. The van der Waals surface area contributed by atoms with E-state index < -0.39 is 171 Å². The van der Waals surface area contributed by atoms with Crippen LogP contribution in [0, 0.1) is 0 Å². The minimum Gasteiger partial charge on any atom is -0.508 e. The minimum absolute atomic E-state index is 0.00938. The third-order valence-electron chi connectivity index (χ3n) is 15.1. The molecular weight excluding hydrogens is 1250 g/mol. The molecule has 27 nitrogen and oxygen atoms in total. The number of aliphatic hydroxyl groups is 1. The van der Waals surface area contributed by atoms with E-state index in [9.17, 15) is 60.0 Å². The van der Waals surface area contributed by atoms with E-state index in [1.807, 2.05) is 0 Å². The second kappa shape index (κ2) is 24.3. The smallest absolute Gasteiger partial charge is 0.408 e. The number of fused-ring (bicyclic) bond motifs is 14. The van der Waals surface area contributed by atoms with Crippen LogP contribution in [0.15, 0.2) is 115 Å². The van der Waals surface area contributed by atoms with Crippen molar-refractivity contribution in [3.05, 3.63) is 164 Å². The average molecular weight is 1300 g/mol. The monoisotopic (exact) mass is 1300 g/mol. The zero-order valence-corrected chi connectivity index (χ0v) is 49.5. The Hall–Kier alpha value is -11.2. The molecule has 0 aliphatic carbocycles. The molecule has 92 heavy (non-hydrogen) atoms. The van der Waals surface area contributed by atoms with Crippen LogP contribution in [0.25, 0.3) is 11.1 Å². The van der Waals surface area contributed by atoms with Crippen LogP contribution in [0.3, 0.4) is 0 Å². The summed E-state index contributed by atoms with van der Waals surface area (Å²) in [7, 11) is 0. The van der Waals surface area contributed by atoms with Gasteiger partial charge in [-0.05, 0) is 133 Å². The molecule has 0 spiro atoms. The summed E-state index contributed by atoms with van der Waals surface area (Å²) in [4.78, 5) is 118. The molecule has 7 aromatic carbocycles. The number of alkyl carbamates (subject to hydrolysis) is 1. The molecule has 6 aliphatic heterocycles. The molecule has 13 rings (SSSR count). The molecule has 0 unspecified atom stereocenters. The summed E-state index contributed by atoms with van der Waals surface area (Å²) < 4.78 is 24.0. The number of carboxylic acid groups (broad SMARTS) is 1. The molecular formula is C63H53Cl2N7O20. The van der Waals surface area contributed by atoms with Gasteiger partial charge in [0.05, 0.1) is 10.0 Å². The van der Waals surface area contributed by atoms with Crippen LogP contribution in [0.4, 0.5) is 4.79 Å². The van der Waals surface area contributed by atoms with Crippen LogP contribution >= 0.6 is 23.2 Å². The van der Waals surface area contributed by atoms with Crippen molar-refractivity contribution in [1.29, 1.82) is 0 Å². The zero-order chi connectivity index (χ0) is 65.9. The molecule has 7 amide bonds. The lowest BCUT2D eigenvalue weighted by atomic mass is 9.89. The van der Waals surface area contributed by atoms with Crippen LogP contribution in [0.1, 0.15) is 96.0 Å². The number of phenols is 6. The first-order valence-corrected chi connectivity index (χ1v) is 28.6. The highest BCUT2D eigenvalue weighted by molar-refractivity contribution is 6.32. The summed E-state index contributed by atoms with van der Waals surface area (Å²) in [5, 5.41) is 108. The van der Waals surface area contributed by atoms with Gasteiger partial charge in [0.25, 0.3) is 0 Å². The van der Waals surface area contributed by atoms with Crippen LogP contribution in [0.2, 0.25) is 10.0 Å². The molecule has 0 aromatic heterocycles. The molecule has 0 saturated carbocycles. The Balaban J connectivity index is 1.13. The standard InChI is InChI=1S/C63H53Cl2N7O20/c1-63(2,3)92-62(88)72-48-26-6-9-39(76)43(18-26)89-32-15-28(14-30(73)21-32)49-58(83)69-50-29-19-44(90-41-10-4-24(12-35(41)64)13-37(55(80)67-49)66-56(48)81)54(79)45(20-29)91-42-11-7-27(17-36(42)65)53(78)52-60(85)70-51(61(86)87)34-22-31(74)23-40(77)46(34)33-16-25(5-8-38(33)75)47(57(82)71-52)68-59(50)84/h4-12,14-23,37,47-53,73-79H,13H2,1-3H3,(H,66,81)(H,67,80)(H,68,84)(H,69,83)(H,70,85)(H,71,82)(H,72,88)(H,86,87)/t37-,47-,48-,49+,50-,51+,52+,53-/m1/s1. The van der Waals surface area contributed by atoms with Gasteiger partial charge in [-0.3, -0.25) is 28.8 Å². The highest BCUT2D eigenvalue weighted by atomic mass is 35.5. The number of hydrogen-bond donors (Lipinski definition) is 15. The van der Waals surface area contributed by atoms with Gasteiger partial charge >= 0.3 is 12.1 Å². The summed E-state index contributed by atoms with van der Waals surface area (Å²) in [5.41, 5.74) is -3.43. The van der Waals surface area contributed by atoms with Crippen molar-refractivity contribution in [2.24, 2.45) is 0 Å². The van der Waals surface area contributed by atoms with E-state index in [0.717, 1.165) is 66.7 Å². The van der Waals surface area contributed by atoms with E-state index in [2.05, 4.69) is 37.2 Å². The number of nitrogens with one attached hydrogen (secondary N) is 7. The van der Waals surface area contributed by atoms with Crippen molar-refractivity contribution in [3.63, 3.8) is 0 Å². The molecule has 7 aromatic rings. The van der Waals surface area contributed by atoms with Crippen LogP contribution < -0.4 is 51.4 Å². The number of hydrogen-bond acceptors (Lipinski definition) is 19. The molecule has 0 radical (unpaired) electrons. The number of halogens is 2. The van der Waals surface area contributed by atoms with Gasteiger partial charge in [0.2, 0.25) is 41.2 Å². The molecule has 0 saturated heterocycles. The van der Waals surface area contributed by atoms with Crippen molar-refractivity contribution in [1.82, 2.24) is 37.2 Å². The van der Waals surface area contributed by atoms with Gasteiger partial charge < -0.3 is 97.0 Å². The maximum absolute atomic E-state index is 15.8. The van der Waals surface area contributed by atoms with E-state index in [4.69, 9.17) is 42.1 Å². The van der Waals surface area contributed by atoms with E-state index in [-0.39, 0.29) is 66.4 Å². The number of carboxylic acids is 1. The van der Waals surface area contributed by atoms with E-state index in [1.165, 1.54) is 48.5 Å². The predicted molar refractivity (Wildman–Crippen MR) is 320 cm³/mol. The van der Waals surface area contributed by atoms with Crippen LogP contribution in [-0.4, -0.2) is 106 Å². The van der Waals surface area contributed by atoms with Crippen molar-refractivity contribution in [3.8, 4) is 80.1 Å². The highest BCUT2D eigenvalue weighted by Crippen LogP contribution is 2.48. The van der Waals surface area contributed by atoms with Crippen molar-refractivity contribution >= 4 is 70.7 Å².